The zero-order valence-electron chi connectivity index (χ0n) is 13.1. The molecule has 0 radical (unpaired) electrons. The van der Waals surface area contributed by atoms with E-state index in [0.29, 0.717) is 5.92 Å². The Morgan fingerprint density at radius 2 is 1.71 bits per heavy atom. The predicted molar refractivity (Wildman–Crippen MR) is 81.2 cm³/mol. The molecule has 0 heterocycles. The fourth-order valence-corrected chi connectivity index (χ4v) is 2.10. The number of hydrogen-bond donors (Lipinski definition) is 1. The summed E-state index contributed by atoms with van der Waals surface area (Å²) in [4.78, 5) is 22.9. The monoisotopic (exact) mass is 292 g/mol. The summed E-state index contributed by atoms with van der Waals surface area (Å²) in [5, 5.41) is 8.92. The van der Waals surface area contributed by atoms with Crippen molar-refractivity contribution in [1.82, 2.24) is 0 Å². The Kier molecular flexibility index (Phi) is 6.40. The van der Waals surface area contributed by atoms with Crippen molar-refractivity contribution in [2.45, 2.75) is 52.6 Å². The molecule has 0 unspecified atom stereocenters. The van der Waals surface area contributed by atoms with Gasteiger partial charge in [-0.2, -0.15) is 0 Å². The van der Waals surface area contributed by atoms with Crippen LogP contribution < -0.4 is 0 Å². The molecule has 0 spiro atoms. The van der Waals surface area contributed by atoms with Crippen LogP contribution >= 0.6 is 0 Å². The summed E-state index contributed by atoms with van der Waals surface area (Å²) in [6.45, 7) is 7.72. The van der Waals surface area contributed by atoms with E-state index in [9.17, 15) is 9.59 Å². The molecule has 0 aliphatic carbocycles. The maximum absolute atomic E-state index is 12.0. The Morgan fingerprint density at radius 1 is 1.14 bits per heavy atom. The number of carbonyl (C=O) groups is 2. The molecule has 21 heavy (non-hydrogen) atoms. The van der Waals surface area contributed by atoms with Gasteiger partial charge in [0.2, 0.25) is 0 Å². The van der Waals surface area contributed by atoms with E-state index in [1.807, 2.05) is 24.3 Å². The van der Waals surface area contributed by atoms with E-state index >= 15 is 0 Å². The highest BCUT2D eigenvalue weighted by atomic mass is 16.6. The van der Waals surface area contributed by atoms with Gasteiger partial charge in [0.25, 0.3) is 0 Å². The highest BCUT2D eigenvalue weighted by molar-refractivity contribution is 5.82. The van der Waals surface area contributed by atoms with Crippen molar-refractivity contribution in [3.63, 3.8) is 0 Å². The van der Waals surface area contributed by atoms with Crippen LogP contribution in [-0.2, 0) is 20.7 Å². The second kappa shape index (κ2) is 7.81. The molecule has 116 valence electrons. The molecular weight excluding hydrogens is 268 g/mol. The molecule has 4 heteroatoms. The molecule has 0 aliphatic heterocycles. The number of aliphatic carboxylic acids is 1. The van der Waals surface area contributed by atoms with E-state index in [1.165, 1.54) is 5.56 Å². The van der Waals surface area contributed by atoms with Crippen LogP contribution in [0.3, 0.4) is 0 Å². The topological polar surface area (TPSA) is 63.6 Å². The van der Waals surface area contributed by atoms with Gasteiger partial charge in [0, 0.05) is 0 Å². The highest BCUT2D eigenvalue weighted by Crippen LogP contribution is 2.20. The molecule has 1 N–H and O–H groups in total. The summed E-state index contributed by atoms with van der Waals surface area (Å²) < 4.78 is 5.03. The lowest BCUT2D eigenvalue weighted by Crippen LogP contribution is -2.28. The van der Waals surface area contributed by atoms with Crippen molar-refractivity contribution >= 4 is 11.9 Å². The van der Waals surface area contributed by atoms with Crippen molar-refractivity contribution in [3.8, 4) is 0 Å². The number of carboxylic acid groups (broad SMARTS) is 1. The lowest BCUT2D eigenvalue weighted by molar-refractivity contribution is -0.165. The molecule has 1 aromatic rings. The number of rotatable bonds is 7. The normalized spacial score (nSPS) is 13.8. The Bertz CT molecular complexity index is 476. The first-order chi connectivity index (χ1) is 9.85. The van der Waals surface area contributed by atoms with Gasteiger partial charge in [-0.25, -0.2) is 4.79 Å². The smallest absolute Gasteiger partial charge is 0.345 e. The predicted octanol–water partition coefficient (Wildman–Crippen LogP) is 3.40. The minimum Gasteiger partial charge on any atom is -0.479 e. The van der Waals surface area contributed by atoms with Crippen molar-refractivity contribution in [3.05, 3.63) is 35.4 Å². The molecule has 0 saturated heterocycles. The summed E-state index contributed by atoms with van der Waals surface area (Å²) in [6, 6.07) is 7.83. The molecule has 0 amide bonds. The third-order valence-corrected chi connectivity index (χ3v) is 3.38. The van der Waals surface area contributed by atoms with Crippen molar-refractivity contribution in [2.24, 2.45) is 5.92 Å². The van der Waals surface area contributed by atoms with Crippen LogP contribution in [-0.4, -0.2) is 23.1 Å². The first kappa shape index (κ1) is 17.2. The maximum Gasteiger partial charge on any atom is 0.345 e. The summed E-state index contributed by atoms with van der Waals surface area (Å²) in [6.07, 6.45) is 0.192. The molecule has 0 saturated carbocycles. The van der Waals surface area contributed by atoms with Crippen LogP contribution in [0.4, 0.5) is 0 Å². The van der Waals surface area contributed by atoms with Crippen LogP contribution in [0.1, 0.15) is 51.2 Å². The molecule has 0 aromatic heterocycles. The zero-order chi connectivity index (χ0) is 16.0. The molecule has 4 nitrogen and oxygen atoms in total. The van der Waals surface area contributed by atoms with Crippen LogP contribution in [0.15, 0.2) is 24.3 Å². The van der Waals surface area contributed by atoms with Crippen molar-refractivity contribution < 1.29 is 19.4 Å². The van der Waals surface area contributed by atoms with Gasteiger partial charge < -0.3 is 9.84 Å². The average Bonchev–Trinajstić information content (AvgIpc) is 2.43. The zero-order valence-corrected chi connectivity index (χ0v) is 13.1. The minimum atomic E-state index is -1.11. The number of benzene rings is 1. The van der Waals surface area contributed by atoms with Gasteiger partial charge in [0.15, 0.2) is 6.10 Å². The molecule has 1 rings (SSSR count). The third kappa shape index (κ3) is 5.21. The van der Waals surface area contributed by atoms with Gasteiger partial charge in [-0.3, -0.25) is 4.79 Å². The highest BCUT2D eigenvalue weighted by Gasteiger charge is 2.24. The van der Waals surface area contributed by atoms with Crippen LogP contribution in [0.5, 0.6) is 0 Å². The van der Waals surface area contributed by atoms with Gasteiger partial charge in [-0.1, -0.05) is 45.0 Å². The van der Waals surface area contributed by atoms with Crippen LogP contribution in [0, 0.1) is 5.92 Å². The van der Waals surface area contributed by atoms with Gasteiger partial charge in [-0.15, -0.1) is 0 Å². The van der Waals surface area contributed by atoms with E-state index < -0.39 is 24.0 Å². The maximum atomic E-state index is 12.0. The van der Waals surface area contributed by atoms with Crippen LogP contribution in [0.2, 0.25) is 0 Å². The van der Waals surface area contributed by atoms with Crippen molar-refractivity contribution in [1.29, 1.82) is 0 Å². The second-order valence-corrected chi connectivity index (χ2v) is 5.73. The van der Waals surface area contributed by atoms with Crippen LogP contribution in [0.25, 0.3) is 0 Å². The Balaban J connectivity index is 2.71. The third-order valence-electron chi connectivity index (χ3n) is 3.38. The fraction of sp³-hybridized carbons (Fsp3) is 0.529. The van der Waals surface area contributed by atoms with E-state index in [-0.39, 0.29) is 6.42 Å². The number of hydrogen-bond acceptors (Lipinski definition) is 3. The summed E-state index contributed by atoms with van der Waals surface area (Å²) in [5.41, 5.74) is 2.07. The fourth-order valence-electron chi connectivity index (χ4n) is 2.10. The molecule has 1 aromatic carbocycles. The lowest BCUT2D eigenvalue weighted by Gasteiger charge is -2.16. The Labute approximate surface area is 126 Å². The number of esters is 1. The average molecular weight is 292 g/mol. The first-order valence-electron chi connectivity index (χ1n) is 7.37. The molecule has 0 bridgehead atoms. The SMILES string of the molecule is CC[C@@H](OC(=O)[C@H](C)c1ccc(CC(C)C)cc1)C(=O)O. The number of carbonyl (C=O) groups excluding carboxylic acids is 1. The lowest BCUT2D eigenvalue weighted by atomic mass is 9.97. The minimum absolute atomic E-state index is 0.265. The van der Waals surface area contributed by atoms with Gasteiger partial charge in [0.1, 0.15) is 0 Å². The van der Waals surface area contributed by atoms with E-state index in [2.05, 4.69) is 13.8 Å². The molecular formula is C17H24O4. The first-order valence-corrected chi connectivity index (χ1v) is 7.37. The Morgan fingerprint density at radius 3 is 2.14 bits per heavy atom. The quantitative estimate of drug-likeness (QED) is 0.782. The standard InChI is InChI=1S/C17H24O4/c1-5-15(16(18)19)21-17(20)12(4)14-8-6-13(7-9-14)10-11(2)3/h6-9,11-12,15H,5,10H2,1-4H3,(H,18,19)/t12-,15-/m1/s1. The largest absolute Gasteiger partial charge is 0.479 e. The van der Waals surface area contributed by atoms with Gasteiger partial charge >= 0.3 is 11.9 Å². The number of ether oxygens (including phenoxy) is 1. The van der Waals surface area contributed by atoms with Gasteiger partial charge in [-0.05, 0) is 36.8 Å². The summed E-state index contributed by atoms with van der Waals surface area (Å²) in [7, 11) is 0. The summed E-state index contributed by atoms with van der Waals surface area (Å²) in [5.74, 6) is -1.49. The van der Waals surface area contributed by atoms with Crippen molar-refractivity contribution in [2.75, 3.05) is 0 Å². The Hall–Kier alpha value is -1.84. The van der Waals surface area contributed by atoms with E-state index in [1.54, 1.807) is 13.8 Å². The second-order valence-electron chi connectivity index (χ2n) is 5.73. The summed E-state index contributed by atoms with van der Waals surface area (Å²) >= 11 is 0. The number of carboxylic acids is 1. The van der Waals surface area contributed by atoms with Gasteiger partial charge in [0.05, 0.1) is 5.92 Å². The van der Waals surface area contributed by atoms with E-state index in [4.69, 9.17) is 9.84 Å². The molecule has 0 aliphatic rings. The molecule has 2 atom stereocenters. The van der Waals surface area contributed by atoms with E-state index in [0.717, 1.165) is 12.0 Å². The molecule has 0 fully saturated rings.